The molecule has 0 radical (unpaired) electrons. The van der Waals surface area contributed by atoms with Crippen LogP contribution in [0.4, 0.5) is 5.69 Å². The minimum atomic E-state index is 0.509. The van der Waals surface area contributed by atoms with Crippen LogP contribution in [0.3, 0.4) is 0 Å². The molecule has 2 N–H and O–H groups in total. The fraction of sp³-hybridized carbons (Fsp3) is 0.588. The highest BCUT2D eigenvalue weighted by Crippen LogP contribution is 2.28. The number of rotatable bonds is 3. The number of benzene rings is 1. The van der Waals surface area contributed by atoms with Crippen LogP contribution in [0.5, 0.6) is 0 Å². The van der Waals surface area contributed by atoms with Gasteiger partial charge in [0.1, 0.15) is 4.99 Å². The van der Waals surface area contributed by atoms with Gasteiger partial charge in [0.2, 0.25) is 0 Å². The molecule has 0 spiro atoms. The standard InChI is InChI=1S/C17H25N3S/c1-13-5-6-16(15(11-13)17(18)21)20-10-7-14(12-20)19-8-3-2-4-9-19/h5-6,11,14H,2-4,7-10,12H2,1H3,(H2,18,21). The third kappa shape index (κ3) is 3.22. The first kappa shape index (κ1) is 14.8. The van der Waals surface area contributed by atoms with Gasteiger partial charge in [0.05, 0.1) is 0 Å². The molecule has 2 saturated heterocycles. The molecule has 2 aliphatic heterocycles. The SMILES string of the molecule is Cc1ccc(N2CCC(N3CCCCC3)C2)c(C(N)=S)c1. The zero-order valence-electron chi connectivity index (χ0n) is 12.8. The van der Waals surface area contributed by atoms with Gasteiger partial charge in [0.15, 0.2) is 0 Å². The Morgan fingerprint density at radius 1 is 1.19 bits per heavy atom. The zero-order chi connectivity index (χ0) is 14.8. The van der Waals surface area contributed by atoms with Crippen LogP contribution in [0.1, 0.15) is 36.8 Å². The van der Waals surface area contributed by atoms with Crippen LogP contribution >= 0.6 is 12.2 Å². The Kier molecular flexibility index (Phi) is 4.45. The van der Waals surface area contributed by atoms with Crippen molar-refractivity contribution in [3.8, 4) is 0 Å². The van der Waals surface area contributed by atoms with Crippen molar-refractivity contribution in [2.24, 2.45) is 5.73 Å². The van der Waals surface area contributed by atoms with E-state index in [0.29, 0.717) is 11.0 Å². The number of anilines is 1. The lowest BCUT2D eigenvalue weighted by molar-refractivity contribution is 0.175. The van der Waals surface area contributed by atoms with Crippen molar-refractivity contribution in [2.75, 3.05) is 31.1 Å². The van der Waals surface area contributed by atoms with Gasteiger partial charge in [-0.05, 0) is 51.4 Å². The summed E-state index contributed by atoms with van der Waals surface area (Å²) in [5.74, 6) is 0. The molecule has 2 aliphatic rings. The highest BCUT2D eigenvalue weighted by molar-refractivity contribution is 7.80. The first-order chi connectivity index (χ1) is 10.1. The van der Waals surface area contributed by atoms with Crippen LogP contribution in [0, 0.1) is 6.92 Å². The van der Waals surface area contributed by atoms with Gasteiger partial charge in [0.25, 0.3) is 0 Å². The van der Waals surface area contributed by atoms with Crippen LogP contribution < -0.4 is 10.6 Å². The van der Waals surface area contributed by atoms with Crippen molar-refractivity contribution in [1.82, 2.24) is 4.90 Å². The summed E-state index contributed by atoms with van der Waals surface area (Å²) in [6.45, 7) is 6.85. The highest BCUT2D eigenvalue weighted by atomic mass is 32.1. The van der Waals surface area contributed by atoms with Gasteiger partial charge in [0, 0.05) is 30.4 Å². The van der Waals surface area contributed by atoms with Gasteiger partial charge in [-0.15, -0.1) is 0 Å². The van der Waals surface area contributed by atoms with E-state index in [9.17, 15) is 0 Å². The summed E-state index contributed by atoms with van der Waals surface area (Å²) in [7, 11) is 0. The summed E-state index contributed by atoms with van der Waals surface area (Å²) >= 11 is 5.24. The maximum Gasteiger partial charge on any atom is 0.106 e. The zero-order valence-corrected chi connectivity index (χ0v) is 13.7. The van der Waals surface area contributed by atoms with E-state index >= 15 is 0 Å². The molecule has 3 rings (SSSR count). The van der Waals surface area contributed by atoms with E-state index in [1.165, 1.54) is 50.0 Å². The van der Waals surface area contributed by atoms with Crippen LogP contribution in [0.2, 0.25) is 0 Å². The summed E-state index contributed by atoms with van der Waals surface area (Å²) in [6, 6.07) is 7.16. The van der Waals surface area contributed by atoms with Crippen molar-refractivity contribution in [2.45, 2.75) is 38.6 Å². The van der Waals surface area contributed by atoms with Gasteiger partial charge in [-0.1, -0.05) is 30.3 Å². The number of nitrogens with zero attached hydrogens (tertiary/aromatic N) is 2. The molecule has 21 heavy (non-hydrogen) atoms. The lowest BCUT2D eigenvalue weighted by Gasteiger charge is -2.32. The molecule has 0 aromatic heterocycles. The van der Waals surface area contributed by atoms with Crippen LogP contribution in [0.15, 0.2) is 18.2 Å². The summed E-state index contributed by atoms with van der Waals surface area (Å²) in [4.78, 5) is 5.65. The topological polar surface area (TPSA) is 32.5 Å². The average molecular weight is 303 g/mol. The third-order valence-electron chi connectivity index (χ3n) is 4.83. The van der Waals surface area contributed by atoms with Gasteiger partial charge < -0.3 is 10.6 Å². The molecule has 1 aromatic rings. The number of hydrogen-bond donors (Lipinski definition) is 1. The monoisotopic (exact) mass is 303 g/mol. The number of likely N-dealkylation sites (tertiary alicyclic amines) is 1. The van der Waals surface area contributed by atoms with E-state index < -0.39 is 0 Å². The Morgan fingerprint density at radius 2 is 1.95 bits per heavy atom. The maximum absolute atomic E-state index is 5.92. The summed E-state index contributed by atoms with van der Waals surface area (Å²) < 4.78 is 0. The molecular weight excluding hydrogens is 278 g/mol. The molecular formula is C17H25N3S. The quantitative estimate of drug-likeness (QED) is 0.870. The van der Waals surface area contributed by atoms with Crippen LogP contribution in [0.25, 0.3) is 0 Å². The minimum Gasteiger partial charge on any atom is -0.389 e. The molecule has 1 atom stereocenters. The number of nitrogens with two attached hydrogens (primary N) is 1. The molecule has 0 amide bonds. The third-order valence-corrected chi connectivity index (χ3v) is 5.05. The van der Waals surface area contributed by atoms with Crippen LogP contribution in [-0.4, -0.2) is 42.1 Å². The first-order valence-corrected chi connectivity index (χ1v) is 8.45. The van der Waals surface area contributed by atoms with Gasteiger partial charge in [-0.25, -0.2) is 0 Å². The second-order valence-corrected chi connectivity index (χ2v) is 6.81. The van der Waals surface area contributed by atoms with Gasteiger partial charge >= 0.3 is 0 Å². The van der Waals surface area contributed by atoms with Crippen molar-refractivity contribution in [1.29, 1.82) is 0 Å². The Labute approximate surface area is 133 Å². The highest BCUT2D eigenvalue weighted by Gasteiger charge is 2.29. The Bertz CT molecular complexity index is 523. The molecule has 1 unspecified atom stereocenters. The summed E-state index contributed by atoms with van der Waals surface area (Å²) in [5.41, 5.74) is 9.39. The minimum absolute atomic E-state index is 0.509. The van der Waals surface area contributed by atoms with E-state index in [2.05, 4.69) is 34.9 Å². The second-order valence-electron chi connectivity index (χ2n) is 6.37. The summed E-state index contributed by atoms with van der Waals surface area (Å²) in [6.07, 6.45) is 5.37. The number of piperidine rings is 1. The van der Waals surface area contributed by atoms with Gasteiger partial charge in [-0.2, -0.15) is 0 Å². The predicted molar refractivity (Wildman–Crippen MR) is 93.1 cm³/mol. The fourth-order valence-electron chi connectivity index (χ4n) is 3.67. The molecule has 3 nitrogen and oxygen atoms in total. The smallest absolute Gasteiger partial charge is 0.106 e. The molecule has 1 aromatic carbocycles. The number of aryl methyl sites for hydroxylation is 1. The van der Waals surface area contributed by atoms with E-state index in [-0.39, 0.29) is 0 Å². The number of hydrogen-bond acceptors (Lipinski definition) is 3. The molecule has 2 heterocycles. The van der Waals surface area contributed by atoms with Crippen molar-refractivity contribution in [3.05, 3.63) is 29.3 Å². The van der Waals surface area contributed by atoms with Crippen molar-refractivity contribution < 1.29 is 0 Å². The van der Waals surface area contributed by atoms with E-state index in [1.807, 2.05) is 0 Å². The number of thiocarbonyl (C=S) groups is 1. The average Bonchev–Trinajstić information content (AvgIpc) is 2.97. The molecule has 0 bridgehead atoms. The molecule has 114 valence electrons. The molecule has 4 heteroatoms. The summed E-state index contributed by atoms with van der Waals surface area (Å²) in [5, 5.41) is 0. The molecule has 0 saturated carbocycles. The lowest BCUT2D eigenvalue weighted by Crippen LogP contribution is -2.41. The fourth-order valence-corrected chi connectivity index (χ4v) is 3.83. The van der Waals surface area contributed by atoms with E-state index in [4.69, 9.17) is 18.0 Å². The lowest BCUT2D eigenvalue weighted by atomic mass is 10.1. The maximum atomic E-state index is 5.92. The van der Waals surface area contributed by atoms with E-state index in [0.717, 1.165) is 18.7 Å². The van der Waals surface area contributed by atoms with Crippen molar-refractivity contribution in [3.63, 3.8) is 0 Å². The normalized spacial score (nSPS) is 23.5. The first-order valence-electron chi connectivity index (χ1n) is 8.04. The Balaban J connectivity index is 1.75. The van der Waals surface area contributed by atoms with Gasteiger partial charge in [-0.3, -0.25) is 4.90 Å². The van der Waals surface area contributed by atoms with Crippen molar-refractivity contribution >= 4 is 22.9 Å². The Morgan fingerprint density at radius 3 is 2.67 bits per heavy atom. The largest absolute Gasteiger partial charge is 0.389 e. The predicted octanol–water partition coefficient (Wildman–Crippen LogP) is 2.69. The second kappa shape index (κ2) is 6.32. The molecule has 0 aliphatic carbocycles. The van der Waals surface area contributed by atoms with E-state index in [1.54, 1.807) is 0 Å². The van der Waals surface area contributed by atoms with Crippen LogP contribution in [-0.2, 0) is 0 Å². The molecule has 2 fully saturated rings. The Hall–Kier alpha value is -1.13.